The standard InChI is InChI=1S/C26H35N3O6S/c1-7-36(33,34)20-10-8-17(9-11-20)21(15-30)28-24(31)18-12-19-14-29(25(32)35-26(4,5)6)23(16(2)3)22(19)27-13-18/h8-13,16,21,23,30H,7,14-15H2,1-6H3,(H,28,31)/t21-,23?/m0/s1. The van der Waals surface area contributed by atoms with E-state index in [-0.39, 0.29) is 35.8 Å². The van der Waals surface area contributed by atoms with Gasteiger partial charge >= 0.3 is 6.09 Å². The van der Waals surface area contributed by atoms with Crippen molar-refractivity contribution in [2.45, 2.75) is 70.7 Å². The average Bonchev–Trinajstić information content (AvgIpc) is 3.21. The molecule has 3 rings (SSSR count). The summed E-state index contributed by atoms with van der Waals surface area (Å²) in [6.45, 7) is 10.9. The van der Waals surface area contributed by atoms with E-state index in [1.165, 1.54) is 18.3 Å². The molecule has 1 aliphatic rings. The number of pyridine rings is 1. The fraction of sp³-hybridized carbons (Fsp3) is 0.500. The van der Waals surface area contributed by atoms with E-state index in [0.717, 1.165) is 11.3 Å². The summed E-state index contributed by atoms with van der Waals surface area (Å²) < 4.78 is 29.7. The maximum Gasteiger partial charge on any atom is 0.411 e. The summed E-state index contributed by atoms with van der Waals surface area (Å²) in [6, 6.07) is 6.81. The first-order chi connectivity index (χ1) is 16.8. The van der Waals surface area contributed by atoms with Crippen LogP contribution in [0.5, 0.6) is 0 Å². The molecular weight excluding hydrogens is 482 g/mol. The number of aromatic nitrogens is 1. The highest BCUT2D eigenvalue weighted by molar-refractivity contribution is 7.91. The Balaban J connectivity index is 1.80. The number of nitrogens with zero attached hydrogens (tertiary/aromatic N) is 2. The summed E-state index contributed by atoms with van der Waals surface area (Å²) in [6.07, 6.45) is 1.03. The molecule has 1 unspecified atom stereocenters. The van der Waals surface area contributed by atoms with Gasteiger partial charge in [-0.05, 0) is 56.0 Å². The van der Waals surface area contributed by atoms with Crippen LogP contribution in [0.3, 0.4) is 0 Å². The molecule has 2 aromatic rings. The van der Waals surface area contributed by atoms with Crippen molar-refractivity contribution in [1.82, 2.24) is 15.2 Å². The average molecular weight is 518 g/mol. The Morgan fingerprint density at radius 2 is 1.86 bits per heavy atom. The number of ether oxygens (including phenoxy) is 1. The molecular formula is C26H35N3O6S. The molecule has 0 fully saturated rings. The molecule has 36 heavy (non-hydrogen) atoms. The monoisotopic (exact) mass is 517 g/mol. The lowest BCUT2D eigenvalue weighted by Gasteiger charge is -2.30. The highest BCUT2D eigenvalue weighted by Gasteiger charge is 2.39. The first kappa shape index (κ1) is 27.6. The molecule has 10 heteroatoms. The minimum Gasteiger partial charge on any atom is -0.444 e. The van der Waals surface area contributed by atoms with Crippen LogP contribution in [0, 0.1) is 5.92 Å². The number of aliphatic hydroxyl groups is 1. The molecule has 0 saturated heterocycles. The summed E-state index contributed by atoms with van der Waals surface area (Å²) in [5.41, 5.74) is 1.74. The van der Waals surface area contributed by atoms with Gasteiger partial charge in [0, 0.05) is 6.20 Å². The zero-order valence-electron chi connectivity index (χ0n) is 21.6. The fourth-order valence-corrected chi connectivity index (χ4v) is 5.08. The van der Waals surface area contributed by atoms with E-state index < -0.39 is 33.5 Å². The number of hydrogen-bond donors (Lipinski definition) is 2. The summed E-state index contributed by atoms with van der Waals surface area (Å²) in [5.74, 6) is -0.364. The zero-order valence-corrected chi connectivity index (χ0v) is 22.4. The number of carbonyl (C=O) groups excluding carboxylic acids is 2. The van der Waals surface area contributed by atoms with Gasteiger partial charge in [-0.15, -0.1) is 0 Å². The van der Waals surface area contributed by atoms with Crippen LogP contribution in [0.1, 0.15) is 80.8 Å². The molecule has 2 amide bonds. The second-order valence-corrected chi connectivity index (χ2v) is 12.5. The summed E-state index contributed by atoms with van der Waals surface area (Å²) in [4.78, 5) is 32.2. The number of fused-ring (bicyclic) bond motifs is 1. The molecule has 1 aromatic heterocycles. The van der Waals surface area contributed by atoms with Gasteiger partial charge in [0.25, 0.3) is 5.91 Å². The highest BCUT2D eigenvalue weighted by Crippen LogP contribution is 2.38. The predicted molar refractivity (Wildman–Crippen MR) is 135 cm³/mol. The lowest BCUT2D eigenvalue weighted by Crippen LogP contribution is -2.37. The molecule has 196 valence electrons. The number of sulfone groups is 1. The van der Waals surface area contributed by atoms with Crippen molar-refractivity contribution in [2.75, 3.05) is 12.4 Å². The van der Waals surface area contributed by atoms with Gasteiger partial charge in [0.2, 0.25) is 0 Å². The third-order valence-electron chi connectivity index (χ3n) is 5.99. The molecule has 1 aliphatic heterocycles. The van der Waals surface area contributed by atoms with Gasteiger partial charge in [-0.1, -0.05) is 32.9 Å². The van der Waals surface area contributed by atoms with Gasteiger partial charge in [-0.3, -0.25) is 14.7 Å². The van der Waals surface area contributed by atoms with Gasteiger partial charge in [-0.25, -0.2) is 13.2 Å². The van der Waals surface area contributed by atoms with Crippen LogP contribution < -0.4 is 5.32 Å². The molecule has 1 aromatic carbocycles. The summed E-state index contributed by atoms with van der Waals surface area (Å²) in [7, 11) is -3.35. The molecule has 2 N–H and O–H groups in total. The van der Waals surface area contributed by atoms with Gasteiger partial charge in [0.1, 0.15) is 5.60 Å². The van der Waals surface area contributed by atoms with E-state index >= 15 is 0 Å². The largest absolute Gasteiger partial charge is 0.444 e. The number of aliphatic hydroxyl groups excluding tert-OH is 1. The van der Waals surface area contributed by atoms with Gasteiger partial charge in [0.15, 0.2) is 9.84 Å². The van der Waals surface area contributed by atoms with Crippen molar-refractivity contribution in [2.24, 2.45) is 5.92 Å². The topological polar surface area (TPSA) is 126 Å². The second-order valence-electron chi connectivity index (χ2n) is 10.2. The molecule has 2 heterocycles. The Bertz CT molecular complexity index is 1220. The quantitative estimate of drug-likeness (QED) is 0.572. The number of rotatable bonds is 7. The number of nitrogens with one attached hydrogen (secondary N) is 1. The molecule has 0 bridgehead atoms. The maximum absolute atomic E-state index is 13.0. The third kappa shape index (κ3) is 6.04. The van der Waals surface area contributed by atoms with Crippen LogP contribution in [-0.2, 0) is 21.1 Å². The molecule has 9 nitrogen and oxygen atoms in total. The van der Waals surface area contributed by atoms with E-state index in [1.54, 1.807) is 30.0 Å². The normalized spacial score (nSPS) is 16.6. The van der Waals surface area contributed by atoms with E-state index in [1.807, 2.05) is 34.6 Å². The van der Waals surface area contributed by atoms with Crippen molar-refractivity contribution in [3.8, 4) is 0 Å². The van der Waals surface area contributed by atoms with Crippen molar-refractivity contribution in [3.05, 3.63) is 58.9 Å². The van der Waals surface area contributed by atoms with Gasteiger partial charge in [0.05, 0.1) is 47.1 Å². The minimum absolute atomic E-state index is 0.0130. The van der Waals surface area contributed by atoms with Crippen LogP contribution in [0.2, 0.25) is 0 Å². The Morgan fingerprint density at radius 1 is 1.22 bits per heavy atom. The van der Waals surface area contributed by atoms with Crippen LogP contribution in [-0.4, -0.2) is 53.4 Å². The first-order valence-electron chi connectivity index (χ1n) is 12.0. The lowest BCUT2D eigenvalue weighted by molar-refractivity contribution is 0.0124. The molecule has 0 radical (unpaired) electrons. The summed E-state index contributed by atoms with van der Waals surface area (Å²) in [5, 5.41) is 12.7. The number of hydrogen-bond acceptors (Lipinski definition) is 7. The van der Waals surface area contributed by atoms with E-state index in [2.05, 4.69) is 10.3 Å². The highest BCUT2D eigenvalue weighted by atomic mass is 32.2. The number of carbonyl (C=O) groups is 2. The van der Waals surface area contributed by atoms with Crippen molar-refractivity contribution < 1.29 is 27.9 Å². The molecule has 0 saturated carbocycles. The Hall–Kier alpha value is -2.98. The minimum atomic E-state index is -3.35. The van der Waals surface area contributed by atoms with Crippen molar-refractivity contribution in [1.29, 1.82) is 0 Å². The molecule has 0 spiro atoms. The van der Waals surface area contributed by atoms with Crippen LogP contribution >= 0.6 is 0 Å². The number of benzene rings is 1. The maximum atomic E-state index is 13.0. The third-order valence-corrected chi connectivity index (χ3v) is 7.74. The zero-order chi connectivity index (χ0) is 26.8. The van der Waals surface area contributed by atoms with E-state index in [0.29, 0.717) is 11.1 Å². The van der Waals surface area contributed by atoms with E-state index in [9.17, 15) is 23.1 Å². The molecule has 0 aliphatic carbocycles. The van der Waals surface area contributed by atoms with Gasteiger partial charge in [-0.2, -0.15) is 0 Å². The van der Waals surface area contributed by atoms with Crippen molar-refractivity contribution in [3.63, 3.8) is 0 Å². The van der Waals surface area contributed by atoms with Crippen LogP contribution in [0.15, 0.2) is 41.4 Å². The predicted octanol–water partition coefficient (Wildman–Crippen LogP) is 3.79. The summed E-state index contributed by atoms with van der Waals surface area (Å²) >= 11 is 0. The van der Waals surface area contributed by atoms with Crippen LogP contribution in [0.4, 0.5) is 4.79 Å². The van der Waals surface area contributed by atoms with E-state index in [4.69, 9.17) is 4.74 Å². The first-order valence-corrected chi connectivity index (χ1v) is 13.7. The fourth-order valence-electron chi connectivity index (χ4n) is 4.19. The van der Waals surface area contributed by atoms with Gasteiger partial charge < -0.3 is 15.2 Å². The SMILES string of the molecule is CCS(=O)(=O)c1ccc([C@H](CO)NC(=O)c2cnc3c(c2)CN(C(=O)OC(C)(C)C)C3C(C)C)cc1. The smallest absolute Gasteiger partial charge is 0.411 e. The second kappa shape index (κ2) is 10.6. The Labute approximate surface area is 212 Å². The Kier molecular flexibility index (Phi) is 8.10. The van der Waals surface area contributed by atoms with Crippen molar-refractivity contribution >= 4 is 21.8 Å². The molecule has 2 atom stereocenters. The number of amides is 2. The lowest BCUT2D eigenvalue weighted by atomic mass is 9.99. The Morgan fingerprint density at radius 3 is 2.39 bits per heavy atom. The van der Waals surface area contributed by atoms with Crippen LogP contribution in [0.25, 0.3) is 0 Å².